The molecule has 0 saturated heterocycles. The summed E-state index contributed by atoms with van der Waals surface area (Å²) in [6.07, 6.45) is 3.93. The number of rotatable bonds is 5. The molecule has 1 saturated carbocycles. The molecule has 3 nitrogen and oxygen atoms in total. The quantitative estimate of drug-likeness (QED) is 0.864. The van der Waals surface area contributed by atoms with Gasteiger partial charge in [-0.15, -0.1) is 0 Å². The predicted molar refractivity (Wildman–Crippen MR) is 81.3 cm³/mol. The zero-order chi connectivity index (χ0) is 14.5. The highest BCUT2D eigenvalue weighted by Gasteiger charge is 2.30. The Morgan fingerprint density at radius 3 is 2.50 bits per heavy atom. The maximum Gasteiger partial charge on any atom is 0.306 e. The molecule has 2 atom stereocenters. The number of carboxylic acids is 1. The van der Waals surface area contributed by atoms with Crippen molar-refractivity contribution in [3.8, 4) is 0 Å². The third-order valence-electron chi connectivity index (χ3n) is 3.88. The zero-order valence-electron chi connectivity index (χ0n) is 11.2. The molecule has 0 spiro atoms. The van der Waals surface area contributed by atoms with Crippen LogP contribution in [0.4, 0.5) is 0 Å². The molecule has 2 rings (SSSR count). The second kappa shape index (κ2) is 7.30. The zero-order valence-corrected chi connectivity index (χ0v) is 12.8. The van der Waals surface area contributed by atoms with Crippen LogP contribution in [0.5, 0.6) is 0 Å². The first-order valence-electron chi connectivity index (χ1n) is 6.95. The highest BCUT2D eigenvalue weighted by atomic mass is 35.5. The van der Waals surface area contributed by atoms with Crippen LogP contribution in [0, 0.1) is 11.8 Å². The predicted octanol–water partition coefficient (Wildman–Crippen LogP) is 3.97. The molecule has 110 valence electrons. The van der Waals surface area contributed by atoms with Crippen LogP contribution < -0.4 is 5.32 Å². The van der Waals surface area contributed by atoms with Gasteiger partial charge in [-0.3, -0.25) is 4.79 Å². The van der Waals surface area contributed by atoms with Gasteiger partial charge in [0.2, 0.25) is 0 Å². The molecule has 2 N–H and O–H groups in total. The summed E-state index contributed by atoms with van der Waals surface area (Å²) < 4.78 is 0. The first-order chi connectivity index (χ1) is 9.56. The molecule has 1 aromatic carbocycles. The van der Waals surface area contributed by atoms with Gasteiger partial charge < -0.3 is 10.4 Å². The van der Waals surface area contributed by atoms with Crippen LogP contribution in [-0.4, -0.2) is 17.6 Å². The fraction of sp³-hybridized carbons (Fsp3) is 0.533. The van der Waals surface area contributed by atoms with Crippen LogP contribution in [0.15, 0.2) is 18.2 Å². The second-order valence-electron chi connectivity index (χ2n) is 5.40. The fourth-order valence-corrected chi connectivity index (χ4v) is 3.46. The van der Waals surface area contributed by atoms with Crippen LogP contribution in [0.2, 0.25) is 10.0 Å². The minimum atomic E-state index is -0.665. The highest BCUT2D eigenvalue weighted by Crippen LogP contribution is 2.29. The number of halogens is 2. The fourth-order valence-electron chi connectivity index (χ4n) is 2.89. The lowest BCUT2D eigenvalue weighted by molar-refractivity contribution is -0.144. The standard InChI is InChI=1S/C15H19Cl2NO2/c16-12-5-10(6-13(17)7-12)8-18-9-11-3-1-2-4-14(11)15(19)20/h5-7,11,14,18H,1-4,8-9H2,(H,19,20). The largest absolute Gasteiger partial charge is 0.481 e. The average Bonchev–Trinajstić information content (AvgIpc) is 2.38. The average molecular weight is 316 g/mol. The molecule has 0 aromatic heterocycles. The molecule has 5 heteroatoms. The lowest BCUT2D eigenvalue weighted by atomic mass is 9.79. The van der Waals surface area contributed by atoms with E-state index in [0.29, 0.717) is 16.6 Å². The molecule has 2 unspecified atom stereocenters. The molecule has 1 aromatic rings. The molecular weight excluding hydrogens is 297 g/mol. The van der Waals surface area contributed by atoms with Crippen molar-refractivity contribution >= 4 is 29.2 Å². The summed E-state index contributed by atoms with van der Waals surface area (Å²) in [5.41, 5.74) is 1.02. The van der Waals surface area contributed by atoms with Crippen molar-refractivity contribution in [3.05, 3.63) is 33.8 Å². The van der Waals surface area contributed by atoms with Crippen molar-refractivity contribution in [2.24, 2.45) is 11.8 Å². The smallest absolute Gasteiger partial charge is 0.306 e. The Bertz CT molecular complexity index is 459. The normalized spacial score (nSPS) is 22.7. The molecule has 0 amide bonds. The van der Waals surface area contributed by atoms with E-state index in [-0.39, 0.29) is 11.8 Å². The number of carbonyl (C=O) groups is 1. The monoisotopic (exact) mass is 315 g/mol. The van der Waals surface area contributed by atoms with E-state index in [0.717, 1.165) is 37.8 Å². The molecular formula is C15H19Cl2NO2. The Kier molecular flexibility index (Phi) is 5.70. The van der Waals surface area contributed by atoms with Crippen molar-refractivity contribution in [1.29, 1.82) is 0 Å². The Labute approximate surface area is 129 Å². The van der Waals surface area contributed by atoms with Gasteiger partial charge in [0.25, 0.3) is 0 Å². The van der Waals surface area contributed by atoms with Gasteiger partial charge in [-0.1, -0.05) is 36.0 Å². The van der Waals surface area contributed by atoms with Gasteiger partial charge in [0.1, 0.15) is 0 Å². The summed E-state index contributed by atoms with van der Waals surface area (Å²) in [6, 6.07) is 5.44. The van der Waals surface area contributed by atoms with Gasteiger partial charge in [0.05, 0.1) is 5.92 Å². The summed E-state index contributed by atoms with van der Waals surface area (Å²) in [5.74, 6) is -0.655. The number of aliphatic carboxylic acids is 1. The molecule has 0 aliphatic heterocycles. The summed E-state index contributed by atoms with van der Waals surface area (Å²) in [5, 5.41) is 13.8. The number of nitrogens with one attached hydrogen (secondary N) is 1. The number of carboxylic acid groups (broad SMARTS) is 1. The third kappa shape index (κ3) is 4.37. The third-order valence-corrected chi connectivity index (χ3v) is 4.32. The Morgan fingerprint density at radius 1 is 1.20 bits per heavy atom. The van der Waals surface area contributed by atoms with Gasteiger partial charge in [-0.25, -0.2) is 0 Å². The summed E-state index contributed by atoms with van der Waals surface area (Å²) in [7, 11) is 0. The van der Waals surface area contributed by atoms with Crippen LogP contribution in [0.1, 0.15) is 31.2 Å². The maximum atomic E-state index is 11.2. The van der Waals surface area contributed by atoms with E-state index >= 15 is 0 Å². The van der Waals surface area contributed by atoms with E-state index < -0.39 is 5.97 Å². The summed E-state index contributed by atoms with van der Waals surface area (Å²) in [6.45, 7) is 1.38. The Hall–Kier alpha value is -0.770. The van der Waals surface area contributed by atoms with E-state index in [2.05, 4.69) is 5.32 Å². The van der Waals surface area contributed by atoms with Crippen LogP contribution in [-0.2, 0) is 11.3 Å². The Balaban J connectivity index is 1.86. The first-order valence-corrected chi connectivity index (χ1v) is 7.70. The SMILES string of the molecule is O=C(O)C1CCCCC1CNCc1cc(Cl)cc(Cl)c1. The highest BCUT2D eigenvalue weighted by molar-refractivity contribution is 6.34. The van der Waals surface area contributed by atoms with E-state index in [1.54, 1.807) is 6.07 Å². The first kappa shape index (κ1) is 15.6. The van der Waals surface area contributed by atoms with Gasteiger partial charge in [0, 0.05) is 16.6 Å². The number of hydrogen-bond acceptors (Lipinski definition) is 2. The summed E-state index contributed by atoms with van der Waals surface area (Å²) >= 11 is 11.9. The van der Waals surface area contributed by atoms with E-state index in [4.69, 9.17) is 23.2 Å². The van der Waals surface area contributed by atoms with Crippen LogP contribution in [0.25, 0.3) is 0 Å². The van der Waals surface area contributed by atoms with Gasteiger partial charge >= 0.3 is 5.97 Å². The number of hydrogen-bond donors (Lipinski definition) is 2. The van der Waals surface area contributed by atoms with Crippen molar-refractivity contribution in [2.45, 2.75) is 32.2 Å². The van der Waals surface area contributed by atoms with Crippen molar-refractivity contribution < 1.29 is 9.90 Å². The Morgan fingerprint density at radius 2 is 1.85 bits per heavy atom. The molecule has 1 aliphatic rings. The second-order valence-corrected chi connectivity index (χ2v) is 6.27. The molecule has 0 bridgehead atoms. The van der Waals surface area contributed by atoms with E-state index in [1.807, 2.05) is 12.1 Å². The maximum absolute atomic E-state index is 11.2. The van der Waals surface area contributed by atoms with Crippen molar-refractivity contribution in [2.75, 3.05) is 6.54 Å². The van der Waals surface area contributed by atoms with Crippen molar-refractivity contribution in [3.63, 3.8) is 0 Å². The minimum absolute atomic E-state index is 0.209. The van der Waals surface area contributed by atoms with Crippen LogP contribution in [0.3, 0.4) is 0 Å². The topological polar surface area (TPSA) is 49.3 Å². The molecule has 1 aliphatic carbocycles. The van der Waals surface area contributed by atoms with E-state index in [1.165, 1.54) is 0 Å². The van der Waals surface area contributed by atoms with Gasteiger partial charge in [-0.2, -0.15) is 0 Å². The van der Waals surface area contributed by atoms with Gasteiger partial charge in [0.15, 0.2) is 0 Å². The molecule has 20 heavy (non-hydrogen) atoms. The summed E-state index contributed by atoms with van der Waals surface area (Å²) in [4.78, 5) is 11.2. The van der Waals surface area contributed by atoms with Crippen molar-refractivity contribution in [1.82, 2.24) is 5.32 Å². The minimum Gasteiger partial charge on any atom is -0.481 e. The molecule has 0 radical (unpaired) electrons. The number of benzene rings is 1. The lowest BCUT2D eigenvalue weighted by Crippen LogP contribution is -2.34. The van der Waals surface area contributed by atoms with Gasteiger partial charge in [-0.05, 0) is 49.1 Å². The molecule has 0 heterocycles. The van der Waals surface area contributed by atoms with Crippen LogP contribution >= 0.6 is 23.2 Å². The molecule has 1 fully saturated rings. The van der Waals surface area contributed by atoms with E-state index in [9.17, 15) is 9.90 Å². The lowest BCUT2D eigenvalue weighted by Gasteiger charge is -2.28.